The van der Waals surface area contributed by atoms with E-state index >= 15 is 0 Å². The van der Waals surface area contributed by atoms with Crippen molar-refractivity contribution in [1.29, 1.82) is 5.41 Å². The second-order valence-corrected chi connectivity index (χ2v) is 9.98. The third-order valence-electron chi connectivity index (χ3n) is 6.04. The molecule has 0 amide bonds. The Morgan fingerprint density at radius 3 is 2.53 bits per heavy atom. The molecule has 1 heterocycles. The minimum absolute atomic E-state index is 0.147. The van der Waals surface area contributed by atoms with E-state index in [0.717, 1.165) is 22.2 Å². The SMILES string of the molecule is Cc1ccccc1CN(N)/C=C(\[NH3+])Cn1c(=N)n(CC(O)c2ccc(Cl)c(Cl)c2)c2ccc(Cl)cc21. The Morgan fingerprint density at radius 2 is 1.81 bits per heavy atom. The number of nitrogens with zero attached hydrogens (tertiary/aromatic N) is 3. The van der Waals surface area contributed by atoms with Gasteiger partial charge in [-0.15, -0.1) is 0 Å². The fourth-order valence-electron chi connectivity index (χ4n) is 4.17. The van der Waals surface area contributed by atoms with Gasteiger partial charge in [-0.3, -0.25) is 5.41 Å². The molecule has 7 nitrogen and oxygen atoms in total. The van der Waals surface area contributed by atoms with Gasteiger partial charge in [0.05, 0.1) is 46.5 Å². The molecule has 7 N–H and O–H groups in total. The van der Waals surface area contributed by atoms with E-state index in [0.29, 0.717) is 39.4 Å². The molecule has 1 atom stereocenters. The Labute approximate surface area is 224 Å². The third-order valence-corrected chi connectivity index (χ3v) is 7.01. The molecule has 0 radical (unpaired) electrons. The lowest BCUT2D eigenvalue weighted by Gasteiger charge is -2.15. The Bertz CT molecular complexity index is 1490. The molecule has 4 rings (SSSR count). The summed E-state index contributed by atoms with van der Waals surface area (Å²) in [6, 6.07) is 18.5. The first-order valence-corrected chi connectivity index (χ1v) is 12.4. The van der Waals surface area contributed by atoms with Crippen LogP contribution >= 0.6 is 34.8 Å². The largest absolute Gasteiger partial charge is 0.387 e. The molecular weight excluding hydrogens is 519 g/mol. The van der Waals surface area contributed by atoms with Crippen molar-refractivity contribution in [3.8, 4) is 0 Å². The van der Waals surface area contributed by atoms with Crippen LogP contribution in [0, 0.1) is 12.3 Å². The summed E-state index contributed by atoms with van der Waals surface area (Å²) in [5.74, 6) is 6.24. The van der Waals surface area contributed by atoms with Gasteiger partial charge >= 0.3 is 0 Å². The number of quaternary nitrogens is 1. The first-order chi connectivity index (χ1) is 17.1. The molecule has 0 saturated carbocycles. The summed E-state index contributed by atoms with van der Waals surface area (Å²) in [5, 5.41) is 22.7. The van der Waals surface area contributed by atoms with E-state index in [1.807, 2.05) is 37.3 Å². The van der Waals surface area contributed by atoms with Gasteiger partial charge in [0.1, 0.15) is 12.2 Å². The Balaban J connectivity index is 1.63. The number of halogens is 3. The Kier molecular flexibility index (Phi) is 8.10. The highest BCUT2D eigenvalue weighted by molar-refractivity contribution is 6.42. The maximum Gasteiger partial charge on any atom is 0.203 e. The van der Waals surface area contributed by atoms with Crippen LogP contribution in [-0.4, -0.2) is 19.2 Å². The number of imidazole rings is 1. The van der Waals surface area contributed by atoms with Crippen molar-refractivity contribution < 1.29 is 10.8 Å². The van der Waals surface area contributed by atoms with Crippen LogP contribution in [0.2, 0.25) is 15.1 Å². The molecule has 10 heteroatoms. The molecule has 0 bridgehead atoms. The van der Waals surface area contributed by atoms with Crippen molar-refractivity contribution >= 4 is 45.8 Å². The molecule has 3 aromatic carbocycles. The topological polar surface area (TPSA) is 111 Å². The number of aliphatic hydroxyl groups excluding tert-OH is 1. The number of fused-ring (bicyclic) bond motifs is 1. The van der Waals surface area contributed by atoms with Crippen molar-refractivity contribution in [2.45, 2.75) is 32.7 Å². The zero-order chi connectivity index (χ0) is 26.0. The third kappa shape index (κ3) is 5.78. The fraction of sp³-hybridized carbons (Fsp3) is 0.192. The molecule has 0 aliphatic rings. The zero-order valence-electron chi connectivity index (χ0n) is 19.8. The summed E-state index contributed by atoms with van der Waals surface area (Å²) in [6.45, 7) is 3.06. The van der Waals surface area contributed by atoms with E-state index in [-0.39, 0.29) is 12.2 Å². The molecule has 0 aliphatic heterocycles. The highest BCUT2D eigenvalue weighted by Crippen LogP contribution is 2.27. The van der Waals surface area contributed by atoms with Crippen molar-refractivity contribution in [1.82, 2.24) is 14.1 Å². The van der Waals surface area contributed by atoms with Crippen molar-refractivity contribution in [2.75, 3.05) is 0 Å². The highest BCUT2D eigenvalue weighted by atomic mass is 35.5. The molecule has 0 saturated heterocycles. The van der Waals surface area contributed by atoms with Gasteiger partial charge < -0.3 is 25.0 Å². The molecule has 36 heavy (non-hydrogen) atoms. The lowest BCUT2D eigenvalue weighted by atomic mass is 10.1. The van der Waals surface area contributed by atoms with Gasteiger partial charge in [0.2, 0.25) is 5.62 Å². The minimum Gasteiger partial charge on any atom is -0.387 e. The smallest absolute Gasteiger partial charge is 0.203 e. The van der Waals surface area contributed by atoms with E-state index in [1.54, 1.807) is 50.7 Å². The summed E-state index contributed by atoms with van der Waals surface area (Å²) in [6.07, 6.45) is 0.879. The zero-order valence-corrected chi connectivity index (χ0v) is 22.0. The van der Waals surface area contributed by atoms with Gasteiger partial charge in [0.15, 0.2) is 0 Å². The number of aryl methyl sites for hydroxylation is 1. The second kappa shape index (κ2) is 11.1. The number of hydrogen-bond acceptors (Lipinski definition) is 4. The molecule has 0 spiro atoms. The predicted octanol–water partition coefficient (Wildman–Crippen LogP) is 4.38. The van der Waals surface area contributed by atoms with Gasteiger partial charge in [0.25, 0.3) is 0 Å². The number of hydrogen-bond donors (Lipinski definition) is 4. The number of nitrogens with two attached hydrogens (primary N) is 1. The van der Waals surface area contributed by atoms with Crippen LogP contribution in [0.5, 0.6) is 0 Å². The van der Waals surface area contributed by atoms with Crippen LogP contribution in [-0.2, 0) is 19.6 Å². The average Bonchev–Trinajstić information content (AvgIpc) is 3.07. The lowest BCUT2D eigenvalue weighted by Crippen LogP contribution is -2.51. The van der Waals surface area contributed by atoms with Gasteiger partial charge in [-0.05, 0) is 53.9 Å². The highest BCUT2D eigenvalue weighted by Gasteiger charge is 2.18. The van der Waals surface area contributed by atoms with Gasteiger partial charge in [-0.25, -0.2) is 5.84 Å². The first kappa shape index (κ1) is 26.3. The molecule has 0 fully saturated rings. The van der Waals surface area contributed by atoms with E-state index in [9.17, 15) is 5.11 Å². The summed E-state index contributed by atoms with van der Waals surface area (Å²) in [7, 11) is 0. The number of hydrazine groups is 1. The predicted molar refractivity (Wildman–Crippen MR) is 144 cm³/mol. The lowest BCUT2D eigenvalue weighted by molar-refractivity contribution is -0.309. The van der Waals surface area contributed by atoms with Gasteiger partial charge in [-0.1, -0.05) is 65.1 Å². The number of benzene rings is 3. The maximum atomic E-state index is 10.9. The van der Waals surface area contributed by atoms with E-state index in [2.05, 4.69) is 5.73 Å². The van der Waals surface area contributed by atoms with Crippen LogP contribution in [0.1, 0.15) is 22.8 Å². The molecular formula is C26H28Cl3N6O+. The van der Waals surface area contributed by atoms with Crippen molar-refractivity contribution in [3.63, 3.8) is 0 Å². The quantitative estimate of drug-likeness (QED) is 0.194. The maximum absolute atomic E-state index is 10.9. The monoisotopic (exact) mass is 545 g/mol. The standard InChI is InChI=1S/C26H27Cl3N6O/c1-16-4-2-3-5-18(16)12-33(32)13-20(30)14-34-24-11-19(27)7-9-23(24)35(26(34)31)15-25(36)17-6-8-21(28)22(29)10-17/h2-11,13,25,31,36H,12,14-15,30,32H2,1H3/p+1/b20-13-,31-26?. The van der Waals surface area contributed by atoms with Crippen LogP contribution in [0.25, 0.3) is 11.0 Å². The van der Waals surface area contributed by atoms with Crippen LogP contribution < -0.4 is 17.2 Å². The summed E-state index contributed by atoms with van der Waals surface area (Å²) in [4.78, 5) is 0. The number of allylic oxidation sites excluding steroid dienone is 1. The number of aliphatic hydroxyl groups is 1. The van der Waals surface area contributed by atoms with E-state index < -0.39 is 6.10 Å². The Morgan fingerprint density at radius 1 is 1.06 bits per heavy atom. The van der Waals surface area contributed by atoms with E-state index in [1.165, 1.54) is 0 Å². The summed E-state index contributed by atoms with van der Waals surface area (Å²) in [5.41, 5.74) is 9.49. The average molecular weight is 547 g/mol. The second-order valence-electron chi connectivity index (χ2n) is 8.73. The first-order valence-electron chi connectivity index (χ1n) is 11.3. The summed E-state index contributed by atoms with van der Waals surface area (Å²) >= 11 is 18.4. The normalized spacial score (nSPS) is 12.8. The van der Waals surface area contributed by atoms with Crippen LogP contribution in [0.3, 0.4) is 0 Å². The van der Waals surface area contributed by atoms with E-state index in [4.69, 9.17) is 46.1 Å². The summed E-state index contributed by atoms with van der Waals surface area (Å²) < 4.78 is 3.53. The van der Waals surface area contributed by atoms with Crippen LogP contribution in [0.4, 0.5) is 0 Å². The molecule has 1 aromatic heterocycles. The van der Waals surface area contributed by atoms with Crippen LogP contribution in [0.15, 0.2) is 72.6 Å². The molecule has 188 valence electrons. The fourth-order valence-corrected chi connectivity index (χ4v) is 4.64. The van der Waals surface area contributed by atoms with Gasteiger partial charge in [-0.2, -0.15) is 0 Å². The van der Waals surface area contributed by atoms with Gasteiger partial charge in [0, 0.05) is 5.02 Å². The molecule has 0 aliphatic carbocycles. The minimum atomic E-state index is -0.896. The number of aromatic nitrogens is 2. The van der Waals surface area contributed by atoms with Crippen molar-refractivity contribution in [3.05, 3.63) is 110 Å². The Hall–Kier alpha value is -2.78. The number of nitrogens with one attached hydrogen (secondary N) is 1. The number of rotatable bonds is 8. The van der Waals surface area contributed by atoms with Crippen molar-refractivity contribution in [2.24, 2.45) is 5.84 Å². The molecule has 1 unspecified atom stereocenters. The molecule has 4 aromatic rings.